The molecule has 0 bridgehead atoms. The van der Waals surface area contributed by atoms with E-state index in [9.17, 15) is 5.11 Å². The number of aliphatic hydroxyl groups excluding tert-OH is 1. The van der Waals surface area contributed by atoms with Crippen LogP contribution in [0.2, 0.25) is 5.02 Å². The Kier molecular flexibility index (Phi) is 9.35. The standard InChI is InChI=1S/C15H23ClO2S/c1-2-3-4-9-18-10-15(17)12-19-11-13-5-7-14(16)8-6-13/h5-8,15,17H,2-4,9-12H2,1H3. The molecule has 1 rings (SSSR count). The summed E-state index contributed by atoms with van der Waals surface area (Å²) >= 11 is 7.54. The van der Waals surface area contributed by atoms with Gasteiger partial charge in [0.25, 0.3) is 0 Å². The lowest BCUT2D eigenvalue weighted by Gasteiger charge is -2.11. The fourth-order valence-corrected chi connectivity index (χ4v) is 2.66. The molecule has 108 valence electrons. The number of benzene rings is 1. The van der Waals surface area contributed by atoms with Gasteiger partial charge in [0, 0.05) is 23.1 Å². The zero-order chi connectivity index (χ0) is 13.9. The van der Waals surface area contributed by atoms with Gasteiger partial charge in [0.1, 0.15) is 0 Å². The summed E-state index contributed by atoms with van der Waals surface area (Å²) in [6, 6.07) is 7.82. The van der Waals surface area contributed by atoms with Crippen molar-refractivity contribution in [1.29, 1.82) is 0 Å². The largest absolute Gasteiger partial charge is 0.390 e. The third-order valence-corrected chi connectivity index (χ3v) is 4.10. The Balaban J connectivity index is 2.03. The first-order valence-electron chi connectivity index (χ1n) is 6.80. The van der Waals surface area contributed by atoms with Crippen LogP contribution in [0.15, 0.2) is 24.3 Å². The summed E-state index contributed by atoms with van der Waals surface area (Å²) < 4.78 is 5.44. The first kappa shape index (κ1) is 16.8. The average molecular weight is 303 g/mol. The van der Waals surface area contributed by atoms with Gasteiger partial charge in [-0.25, -0.2) is 0 Å². The lowest BCUT2D eigenvalue weighted by molar-refractivity contribution is 0.0469. The molecule has 1 atom stereocenters. The molecule has 0 aromatic heterocycles. The van der Waals surface area contributed by atoms with E-state index in [1.54, 1.807) is 11.8 Å². The second-order valence-corrected chi connectivity index (χ2v) is 6.04. The fraction of sp³-hybridized carbons (Fsp3) is 0.600. The van der Waals surface area contributed by atoms with Gasteiger partial charge in [-0.05, 0) is 24.1 Å². The van der Waals surface area contributed by atoms with Crippen molar-refractivity contribution in [3.05, 3.63) is 34.9 Å². The second-order valence-electron chi connectivity index (χ2n) is 4.58. The lowest BCUT2D eigenvalue weighted by atomic mass is 10.2. The van der Waals surface area contributed by atoms with Crippen LogP contribution >= 0.6 is 23.4 Å². The minimum atomic E-state index is -0.376. The van der Waals surface area contributed by atoms with E-state index in [-0.39, 0.29) is 6.10 Å². The van der Waals surface area contributed by atoms with Crippen LogP contribution in [0, 0.1) is 0 Å². The molecule has 0 aliphatic carbocycles. The Hall–Kier alpha value is -0.220. The first-order valence-corrected chi connectivity index (χ1v) is 8.33. The summed E-state index contributed by atoms with van der Waals surface area (Å²) in [6.45, 7) is 3.37. The minimum absolute atomic E-state index is 0.376. The van der Waals surface area contributed by atoms with E-state index in [0.717, 1.165) is 23.8 Å². The average Bonchev–Trinajstić information content (AvgIpc) is 2.41. The van der Waals surface area contributed by atoms with Gasteiger partial charge in [-0.3, -0.25) is 0 Å². The van der Waals surface area contributed by atoms with Crippen molar-refractivity contribution in [2.24, 2.45) is 0 Å². The summed E-state index contributed by atoms with van der Waals surface area (Å²) in [5.74, 6) is 1.60. The lowest BCUT2D eigenvalue weighted by Crippen LogP contribution is -2.18. The van der Waals surface area contributed by atoms with E-state index in [2.05, 4.69) is 6.92 Å². The van der Waals surface area contributed by atoms with Crippen LogP contribution in [0.25, 0.3) is 0 Å². The Morgan fingerprint density at radius 3 is 2.68 bits per heavy atom. The Morgan fingerprint density at radius 1 is 1.26 bits per heavy atom. The van der Waals surface area contributed by atoms with Crippen molar-refractivity contribution in [1.82, 2.24) is 0 Å². The number of hydrogen-bond acceptors (Lipinski definition) is 3. The Bertz CT molecular complexity index is 329. The van der Waals surface area contributed by atoms with E-state index in [0.29, 0.717) is 12.4 Å². The molecule has 1 N–H and O–H groups in total. The summed E-state index contributed by atoms with van der Waals surface area (Å²) in [5, 5.41) is 10.5. The predicted molar refractivity (Wildman–Crippen MR) is 84.0 cm³/mol. The summed E-state index contributed by atoms with van der Waals surface area (Å²) in [7, 11) is 0. The maximum atomic E-state index is 9.76. The van der Waals surface area contributed by atoms with Gasteiger partial charge in [0.2, 0.25) is 0 Å². The molecule has 1 unspecified atom stereocenters. The maximum Gasteiger partial charge on any atom is 0.0863 e. The molecule has 1 aromatic carbocycles. The normalized spacial score (nSPS) is 12.6. The molecule has 0 radical (unpaired) electrons. The molecule has 0 fully saturated rings. The molecule has 19 heavy (non-hydrogen) atoms. The van der Waals surface area contributed by atoms with Crippen LogP contribution in [-0.4, -0.2) is 30.2 Å². The maximum absolute atomic E-state index is 9.76. The number of thioether (sulfide) groups is 1. The SMILES string of the molecule is CCCCCOCC(O)CSCc1ccc(Cl)cc1. The molecule has 0 amide bonds. The van der Waals surface area contributed by atoms with Crippen LogP contribution in [0.1, 0.15) is 31.7 Å². The van der Waals surface area contributed by atoms with Crippen molar-refractivity contribution in [3.63, 3.8) is 0 Å². The zero-order valence-electron chi connectivity index (χ0n) is 11.5. The highest BCUT2D eigenvalue weighted by Gasteiger charge is 2.04. The Labute approximate surface area is 125 Å². The number of halogens is 1. The highest BCUT2D eigenvalue weighted by molar-refractivity contribution is 7.98. The van der Waals surface area contributed by atoms with E-state index in [1.807, 2.05) is 24.3 Å². The van der Waals surface area contributed by atoms with Gasteiger partial charge in [-0.1, -0.05) is 43.5 Å². The van der Waals surface area contributed by atoms with Crippen molar-refractivity contribution in [2.45, 2.75) is 38.0 Å². The molecule has 0 heterocycles. The zero-order valence-corrected chi connectivity index (χ0v) is 13.1. The van der Waals surface area contributed by atoms with Crippen LogP contribution in [0.4, 0.5) is 0 Å². The van der Waals surface area contributed by atoms with E-state index < -0.39 is 0 Å². The molecule has 0 aliphatic rings. The number of rotatable bonds is 10. The van der Waals surface area contributed by atoms with Crippen molar-refractivity contribution < 1.29 is 9.84 Å². The second kappa shape index (κ2) is 10.6. The monoisotopic (exact) mass is 302 g/mol. The highest BCUT2D eigenvalue weighted by Crippen LogP contribution is 2.16. The van der Waals surface area contributed by atoms with E-state index in [1.165, 1.54) is 18.4 Å². The summed E-state index contributed by atoms with van der Waals surface area (Å²) in [6.07, 6.45) is 3.10. The van der Waals surface area contributed by atoms with Gasteiger partial charge >= 0.3 is 0 Å². The fourth-order valence-electron chi connectivity index (χ4n) is 1.62. The molecule has 0 aliphatic heterocycles. The Morgan fingerprint density at radius 2 is 2.00 bits per heavy atom. The van der Waals surface area contributed by atoms with E-state index >= 15 is 0 Å². The van der Waals surface area contributed by atoms with Gasteiger partial charge in [0.15, 0.2) is 0 Å². The van der Waals surface area contributed by atoms with Crippen LogP contribution in [0.5, 0.6) is 0 Å². The van der Waals surface area contributed by atoms with Crippen molar-refractivity contribution >= 4 is 23.4 Å². The van der Waals surface area contributed by atoms with Gasteiger partial charge in [-0.15, -0.1) is 0 Å². The molecule has 1 aromatic rings. The van der Waals surface area contributed by atoms with Crippen LogP contribution in [-0.2, 0) is 10.5 Å². The highest BCUT2D eigenvalue weighted by atomic mass is 35.5. The topological polar surface area (TPSA) is 29.5 Å². The third-order valence-electron chi connectivity index (χ3n) is 2.69. The predicted octanol–water partition coefficient (Wildman–Crippen LogP) is 4.14. The summed E-state index contributed by atoms with van der Waals surface area (Å²) in [5.41, 5.74) is 1.23. The number of hydrogen-bond donors (Lipinski definition) is 1. The number of unbranched alkanes of at least 4 members (excludes halogenated alkanes) is 2. The van der Waals surface area contributed by atoms with Crippen LogP contribution in [0.3, 0.4) is 0 Å². The number of aliphatic hydroxyl groups is 1. The third kappa shape index (κ3) is 8.53. The molecular weight excluding hydrogens is 280 g/mol. The van der Waals surface area contributed by atoms with Crippen molar-refractivity contribution in [2.75, 3.05) is 19.0 Å². The summed E-state index contributed by atoms with van der Waals surface area (Å²) in [4.78, 5) is 0. The molecule has 2 nitrogen and oxygen atoms in total. The van der Waals surface area contributed by atoms with Crippen molar-refractivity contribution in [3.8, 4) is 0 Å². The quantitative estimate of drug-likeness (QED) is 0.659. The smallest absolute Gasteiger partial charge is 0.0863 e. The van der Waals surface area contributed by atoms with Gasteiger partial charge < -0.3 is 9.84 Å². The van der Waals surface area contributed by atoms with Crippen LogP contribution < -0.4 is 0 Å². The molecule has 0 spiro atoms. The molecule has 4 heteroatoms. The van der Waals surface area contributed by atoms with E-state index in [4.69, 9.17) is 16.3 Å². The first-order chi connectivity index (χ1) is 9.22. The minimum Gasteiger partial charge on any atom is -0.390 e. The van der Waals surface area contributed by atoms with Gasteiger partial charge in [-0.2, -0.15) is 11.8 Å². The van der Waals surface area contributed by atoms with Gasteiger partial charge in [0.05, 0.1) is 12.7 Å². The number of ether oxygens (including phenoxy) is 1. The molecule has 0 saturated carbocycles. The molecular formula is C15H23ClO2S. The molecule has 0 saturated heterocycles.